The predicted octanol–water partition coefficient (Wildman–Crippen LogP) is 2.33. The molecule has 1 saturated carbocycles. The van der Waals surface area contributed by atoms with Crippen LogP contribution < -0.4 is 5.32 Å². The highest BCUT2D eigenvalue weighted by atomic mass is 35.5. The topological polar surface area (TPSA) is 85.9 Å². The summed E-state index contributed by atoms with van der Waals surface area (Å²) in [5.74, 6) is 0.789. The monoisotopic (exact) mass is 307 g/mol. The summed E-state index contributed by atoms with van der Waals surface area (Å²) >= 11 is 5.80. The minimum Gasteiger partial charge on any atom is -0.311 e. The van der Waals surface area contributed by atoms with Crippen molar-refractivity contribution in [2.75, 3.05) is 6.54 Å². The van der Waals surface area contributed by atoms with Crippen LogP contribution in [0.4, 0.5) is 5.69 Å². The second-order valence-corrected chi connectivity index (χ2v) is 5.56. The molecule has 1 N–H and O–H groups in total. The molecule has 1 aromatic carbocycles. The van der Waals surface area contributed by atoms with Crippen molar-refractivity contribution in [1.82, 2.24) is 20.3 Å². The number of halogens is 1. The summed E-state index contributed by atoms with van der Waals surface area (Å²) < 4.78 is 1.41. The smallest absolute Gasteiger partial charge is 0.296 e. The molecule has 2 aromatic rings. The molecule has 1 fully saturated rings. The number of nitro benzene ring substituents is 1. The Kier molecular flexibility index (Phi) is 3.85. The Balaban J connectivity index is 1.77. The van der Waals surface area contributed by atoms with Gasteiger partial charge in [-0.2, -0.15) is 0 Å². The molecule has 7 nitrogen and oxygen atoms in total. The van der Waals surface area contributed by atoms with E-state index in [1.54, 1.807) is 18.3 Å². The highest BCUT2D eigenvalue weighted by molar-refractivity contribution is 6.30. The van der Waals surface area contributed by atoms with Crippen molar-refractivity contribution in [1.29, 1.82) is 0 Å². The van der Waals surface area contributed by atoms with Gasteiger partial charge in [0.15, 0.2) is 0 Å². The second kappa shape index (κ2) is 5.79. The largest absolute Gasteiger partial charge is 0.311 e. The number of hydrogen-bond acceptors (Lipinski definition) is 5. The standard InChI is InChI=1S/C13H14ClN5O2/c14-10-3-4-12(13(5-10)19(20)21)18-8-11(16-17-18)7-15-6-9-1-2-9/h3-5,8-9,15H,1-2,6-7H2. The molecule has 0 bridgehead atoms. The highest BCUT2D eigenvalue weighted by Crippen LogP contribution is 2.28. The van der Waals surface area contributed by atoms with Gasteiger partial charge >= 0.3 is 0 Å². The van der Waals surface area contributed by atoms with Gasteiger partial charge in [0.25, 0.3) is 5.69 Å². The van der Waals surface area contributed by atoms with Gasteiger partial charge in [0.1, 0.15) is 5.69 Å². The zero-order chi connectivity index (χ0) is 14.8. The fourth-order valence-corrected chi connectivity index (χ4v) is 2.23. The average Bonchev–Trinajstić information content (AvgIpc) is 3.16. The van der Waals surface area contributed by atoms with E-state index < -0.39 is 4.92 Å². The van der Waals surface area contributed by atoms with Gasteiger partial charge in [0.2, 0.25) is 0 Å². The summed E-state index contributed by atoms with van der Waals surface area (Å²) in [5.41, 5.74) is 1.01. The van der Waals surface area contributed by atoms with Gasteiger partial charge in [0, 0.05) is 17.6 Å². The molecular formula is C13H14ClN5O2. The third-order valence-electron chi connectivity index (χ3n) is 3.36. The maximum Gasteiger partial charge on any atom is 0.296 e. The van der Waals surface area contributed by atoms with E-state index in [1.807, 2.05) is 0 Å². The van der Waals surface area contributed by atoms with Crippen molar-refractivity contribution in [3.63, 3.8) is 0 Å². The molecule has 0 saturated heterocycles. The molecule has 1 aliphatic carbocycles. The van der Waals surface area contributed by atoms with Gasteiger partial charge in [-0.25, -0.2) is 4.68 Å². The first-order valence-corrected chi connectivity index (χ1v) is 7.07. The van der Waals surface area contributed by atoms with E-state index >= 15 is 0 Å². The fraction of sp³-hybridized carbons (Fsp3) is 0.385. The number of rotatable bonds is 6. The molecule has 0 spiro atoms. The summed E-state index contributed by atoms with van der Waals surface area (Å²) in [5, 5.41) is 22.7. The number of nitro groups is 1. The first-order valence-electron chi connectivity index (χ1n) is 6.70. The molecule has 110 valence electrons. The Bertz CT molecular complexity index is 668. The van der Waals surface area contributed by atoms with Crippen LogP contribution in [0.2, 0.25) is 5.02 Å². The van der Waals surface area contributed by atoms with Gasteiger partial charge < -0.3 is 5.32 Å². The molecular weight excluding hydrogens is 294 g/mol. The van der Waals surface area contributed by atoms with Crippen molar-refractivity contribution < 1.29 is 4.92 Å². The van der Waals surface area contributed by atoms with Crippen LogP contribution in [0.3, 0.4) is 0 Å². The number of hydrogen-bond donors (Lipinski definition) is 1. The summed E-state index contributed by atoms with van der Waals surface area (Å²) in [6, 6.07) is 4.47. The summed E-state index contributed by atoms with van der Waals surface area (Å²) in [4.78, 5) is 10.6. The van der Waals surface area contributed by atoms with Crippen LogP contribution in [0.15, 0.2) is 24.4 Å². The van der Waals surface area contributed by atoms with E-state index in [1.165, 1.54) is 23.6 Å². The lowest BCUT2D eigenvalue weighted by molar-refractivity contribution is -0.384. The third-order valence-corrected chi connectivity index (χ3v) is 3.59. The first kappa shape index (κ1) is 14.0. The summed E-state index contributed by atoms with van der Waals surface area (Å²) in [6.45, 7) is 1.59. The number of benzene rings is 1. The maximum absolute atomic E-state index is 11.1. The van der Waals surface area contributed by atoms with Crippen LogP contribution in [-0.4, -0.2) is 26.5 Å². The minimum absolute atomic E-state index is 0.0927. The molecule has 0 atom stereocenters. The molecule has 0 aliphatic heterocycles. The fourth-order valence-electron chi connectivity index (χ4n) is 2.06. The van der Waals surface area contributed by atoms with Crippen LogP contribution in [0.25, 0.3) is 5.69 Å². The summed E-state index contributed by atoms with van der Waals surface area (Å²) in [7, 11) is 0. The van der Waals surface area contributed by atoms with Crippen LogP contribution >= 0.6 is 11.6 Å². The zero-order valence-corrected chi connectivity index (χ0v) is 12.0. The lowest BCUT2D eigenvalue weighted by Gasteiger charge is -2.02. The van der Waals surface area contributed by atoms with E-state index in [2.05, 4.69) is 15.6 Å². The maximum atomic E-state index is 11.1. The third kappa shape index (κ3) is 3.37. The Labute approximate surface area is 126 Å². The molecule has 1 heterocycles. The molecule has 21 heavy (non-hydrogen) atoms. The first-order chi connectivity index (χ1) is 10.1. The van der Waals surface area contributed by atoms with Crippen LogP contribution in [0.1, 0.15) is 18.5 Å². The molecule has 0 amide bonds. The van der Waals surface area contributed by atoms with Gasteiger partial charge in [0.05, 0.1) is 16.8 Å². The quantitative estimate of drug-likeness (QED) is 0.654. The molecule has 3 rings (SSSR count). The molecule has 8 heteroatoms. The highest BCUT2D eigenvalue weighted by Gasteiger charge is 2.21. The van der Waals surface area contributed by atoms with E-state index in [4.69, 9.17) is 11.6 Å². The molecule has 1 aliphatic rings. The molecule has 0 unspecified atom stereocenters. The number of aromatic nitrogens is 3. The molecule has 0 radical (unpaired) electrons. The normalized spacial score (nSPS) is 14.3. The summed E-state index contributed by atoms with van der Waals surface area (Å²) in [6.07, 6.45) is 4.27. The zero-order valence-electron chi connectivity index (χ0n) is 11.2. The van der Waals surface area contributed by atoms with Crippen molar-refractivity contribution in [2.45, 2.75) is 19.4 Å². The van der Waals surface area contributed by atoms with Crippen LogP contribution in [0, 0.1) is 16.0 Å². The Hall–Kier alpha value is -1.99. The van der Waals surface area contributed by atoms with Crippen molar-refractivity contribution in [3.8, 4) is 5.69 Å². The predicted molar refractivity (Wildman–Crippen MR) is 77.5 cm³/mol. The Morgan fingerprint density at radius 1 is 1.48 bits per heavy atom. The lowest BCUT2D eigenvalue weighted by Crippen LogP contribution is -2.16. The molecule has 1 aromatic heterocycles. The minimum atomic E-state index is -0.478. The SMILES string of the molecule is O=[N+]([O-])c1cc(Cl)ccc1-n1cc(CNCC2CC2)nn1. The van der Waals surface area contributed by atoms with Crippen molar-refractivity contribution >= 4 is 17.3 Å². The van der Waals surface area contributed by atoms with Gasteiger partial charge in [-0.1, -0.05) is 16.8 Å². The number of nitrogens with one attached hydrogen (secondary N) is 1. The Morgan fingerprint density at radius 3 is 3.00 bits per heavy atom. The Morgan fingerprint density at radius 2 is 2.29 bits per heavy atom. The van der Waals surface area contributed by atoms with E-state index in [-0.39, 0.29) is 5.69 Å². The van der Waals surface area contributed by atoms with Crippen molar-refractivity contribution in [3.05, 3.63) is 45.2 Å². The average molecular weight is 308 g/mol. The number of nitrogens with zero attached hydrogens (tertiary/aromatic N) is 4. The van der Waals surface area contributed by atoms with Crippen LogP contribution in [-0.2, 0) is 6.54 Å². The van der Waals surface area contributed by atoms with Gasteiger partial charge in [-0.3, -0.25) is 10.1 Å². The van der Waals surface area contributed by atoms with Crippen molar-refractivity contribution in [2.24, 2.45) is 5.92 Å². The van der Waals surface area contributed by atoms with E-state index in [9.17, 15) is 10.1 Å². The lowest BCUT2D eigenvalue weighted by atomic mass is 10.2. The van der Waals surface area contributed by atoms with E-state index in [0.717, 1.165) is 18.2 Å². The second-order valence-electron chi connectivity index (χ2n) is 5.12. The van der Waals surface area contributed by atoms with Crippen LogP contribution in [0.5, 0.6) is 0 Å². The van der Waals surface area contributed by atoms with Gasteiger partial charge in [-0.15, -0.1) is 5.10 Å². The van der Waals surface area contributed by atoms with E-state index in [0.29, 0.717) is 17.3 Å². The van der Waals surface area contributed by atoms with Gasteiger partial charge in [-0.05, 0) is 37.4 Å².